The summed E-state index contributed by atoms with van der Waals surface area (Å²) in [6.45, 7) is 1.45. The van der Waals surface area contributed by atoms with E-state index in [1.54, 1.807) is 12.1 Å². The number of ether oxygens (including phenoxy) is 1. The largest absolute Gasteiger partial charge is 0.494 e. The lowest BCUT2D eigenvalue weighted by atomic mass is 10.0. The Balaban J connectivity index is 1.73. The first-order valence-corrected chi connectivity index (χ1v) is 7.70. The summed E-state index contributed by atoms with van der Waals surface area (Å²) in [5.74, 6) is -0.175. The number of fused-ring (bicyclic) bond motifs is 1. The summed E-state index contributed by atoms with van der Waals surface area (Å²) in [5, 5.41) is 2.29. The summed E-state index contributed by atoms with van der Waals surface area (Å²) in [7, 11) is 0. The Kier molecular flexibility index (Phi) is 4.29. The molecule has 2 aliphatic heterocycles. The molecule has 0 saturated carbocycles. The fourth-order valence-electron chi connectivity index (χ4n) is 2.91. The van der Waals surface area contributed by atoms with E-state index in [9.17, 15) is 14.4 Å². The van der Waals surface area contributed by atoms with Gasteiger partial charge in [-0.3, -0.25) is 19.7 Å². The Bertz CT molecular complexity index is 659. The van der Waals surface area contributed by atoms with Crippen LogP contribution in [0.5, 0.6) is 5.75 Å². The van der Waals surface area contributed by atoms with Gasteiger partial charge in [0.1, 0.15) is 11.8 Å². The fourth-order valence-corrected chi connectivity index (χ4v) is 2.91. The quantitative estimate of drug-likeness (QED) is 0.595. The van der Waals surface area contributed by atoms with Gasteiger partial charge in [-0.25, -0.2) is 0 Å². The van der Waals surface area contributed by atoms with Crippen molar-refractivity contribution in [1.82, 2.24) is 10.2 Å². The van der Waals surface area contributed by atoms with Gasteiger partial charge in [0.15, 0.2) is 0 Å². The molecule has 3 N–H and O–H groups in total. The molecule has 7 heteroatoms. The van der Waals surface area contributed by atoms with E-state index in [0.29, 0.717) is 37.4 Å². The van der Waals surface area contributed by atoms with E-state index in [-0.39, 0.29) is 18.2 Å². The van der Waals surface area contributed by atoms with Gasteiger partial charge in [-0.15, -0.1) is 0 Å². The first-order valence-electron chi connectivity index (χ1n) is 7.70. The van der Waals surface area contributed by atoms with Crippen LogP contribution in [0.2, 0.25) is 0 Å². The van der Waals surface area contributed by atoms with Crippen molar-refractivity contribution < 1.29 is 19.1 Å². The smallest absolute Gasteiger partial charge is 0.255 e. The third-order valence-electron chi connectivity index (χ3n) is 4.11. The van der Waals surface area contributed by atoms with Gasteiger partial charge in [-0.1, -0.05) is 0 Å². The highest BCUT2D eigenvalue weighted by molar-refractivity contribution is 6.05. The fraction of sp³-hybridized carbons (Fsp3) is 0.438. The Hall–Kier alpha value is -2.41. The lowest BCUT2D eigenvalue weighted by Gasteiger charge is -2.29. The van der Waals surface area contributed by atoms with Crippen molar-refractivity contribution in [1.29, 1.82) is 0 Å². The zero-order valence-corrected chi connectivity index (χ0v) is 12.7. The summed E-state index contributed by atoms with van der Waals surface area (Å²) >= 11 is 0. The lowest BCUT2D eigenvalue weighted by molar-refractivity contribution is -0.136. The Morgan fingerprint density at radius 2 is 2.13 bits per heavy atom. The monoisotopic (exact) mass is 317 g/mol. The van der Waals surface area contributed by atoms with Crippen LogP contribution in [0.15, 0.2) is 18.2 Å². The van der Waals surface area contributed by atoms with Crippen LogP contribution in [-0.4, -0.2) is 41.8 Å². The van der Waals surface area contributed by atoms with Gasteiger partial charge in [0.25, 0.3) is 5.91 Å². The summed E-state index contributed by atoms with van der Waals surface area (Å²) in [6, 6.07) is 4.72. The van der Waals surface area contributed by atoms with Crippen molar-refractivity contribution in [2.24, 2.45) is 5.73 Å². The van der Waals surface area contributed by atoms with Crippen LogP contribution >= 0.6 is 0 Å². The van der Waals surface area contributed by atoms with Gasteiger partial charge >= 0.3 is 0 Å². The molecule has 1 saturated heterocycles. The molecule has 0 spiro atoms. The van der Waals surface area contributed by atoms with Crippen LogP contribution in [-0.2, 0) is 16.1 Å². The highest BCUT2D eigenvalue weighted by Crippen LogP contribution is 2.30. The van der Waals surface area contributed by atoms with E-state index >= 15 is 0 Å². The number of carbonyl (C=O) groups excluding carboxylic acids is 3. The molecule has 1 fully saturated rings. The molecule has 3 amide bonds. The highest BCUT2D eigenvalue weighted by atomic mass is 16.5. The number of hydrogen-bond acceptors (Lipinski definition) is 5. The number of carbonyl (C=O) groups is 3. The molecule has 0 radical (unpaired) electrons. The van der Waals surface area contributed by atoms with Crippen LogP contribution < -0.4 is 15.8 Å². The average Bonchev–Trinajstić information content (AvgIpc) is 2.84. The highest BCUT2D eigenvalue weighted by Gasteiger charge is 2.39. The van der Waals surface area contributed by atoms with E-state index in [1.165, 1.54) is 4.90 Å². The second-order valence-electron chi connectivity index (χ2n) is 5.71. The Morgan fingerprint density at radius 1 is 1.30 bits per heavy atom. The number of nitrogens with zero attached hydrogens (tertiary/aromatic N) is 1. The second kappa shape index (κ2) is 6.37. The Labute approximate surface area is 133 Å². The molecule has 0 aliphatic carbocycles. The number of hydrogen-bond donors (Lipinski definition) is 2. The van der Waals surface area contributed by atoms with Crippen LogP contribution in [0.4, 0.5) is 0 Å². The first kappa shape index (κ1) is 15.5. The van der Waals surface area contributed by atoms with Crippen molar-refractivity contribution >= 4 is 17.7 Å². The van der Waals surface area contributed by atoms with Gasteiger partial charge in [0, 0.05) is 18.5 Å². The van der Waals surface area contributed by atoms with Crippen LogP contribution in [0.3, 0.4) is 0 Å². The van der Waals surface area contributed by atoms with E-state index in [0.717, 1.165) is 12.0 Å². The van der Waals surface area contributed by atoms with Crippen molar-refractivity contribution in [3.05, 3.63) is 29.3 Å². The van der Waals surface area contributed by atoms with Crippen molar-refractivity contribution in [3.63, 3.8) is 0 Å². The predicted molar refractivity (Wildman–Crippen MR) is 81.7 cm³/mol. The van der Waals surface area contributed by atoms with Gasteiger partial charge in [-0.05, 0) is 43.1 Å². The van der Waals surface area contributed by atoms with Crippen LogP contribution in [0, 0.1) is 0 Å². The van der Waals surface area contributed by atoms with Gasteiger partial charge < -0.3 is 15.4 Å². The average molecular weight is 317 g/mol. The molecule has 2 heterocycles. The van der Waals surface area contributed by atoms with Gasteiger partial charge in [0.05, 0.1) is 6.61 Å². The zero-order chi connectivity index (χ0) is 16.4. The van der Waals surface area contributed by atoms with Crippen molar-refractivity contribution in [2.75, 3.05) is 13.2 Å². The second-order valence-corrected chi connectivity index (χ2v) is 5.71. The predicted octanol–water partition coefficient (Wildman–Crippen LogP) is 0.175. The number of nitrogens with one attached hydrogen (secondary N) is 1. The summed E-state index contributed by atoms with van der Waals surface area (Å²) in [5.41, 5.74) is 6.85. The first-order chi connectivity index (χ1) is 11.1. The molecule has 2 aliphatic rings. The molecule has 3 rings (SSSR count). The maximum absolute atomic E-state index is 12.5. The summed E-state index contributed by atoms with van der Waals surface area (Å²) in [6.07, 6.45) is 1.38. The third-order valence-corrected chi connectivity index (χ3v) is 4.11. The molecule has 0 bridgehead atoms. The molecule has 1 aromatic rings. The topological polar surface area (TPSA) is 102 Å². The lowest BCUT2D eigenvalue weighted by Crippen LogP contribution is -2.52. The SMILES string of the molecule is NCCCOc1ccc2c(c1)CN([C@H]1CCC(=O)NC1=O)C2=O. The Morgan fingerprint density at radius 3 is 2.87 bits per heavy atom. The molecular formula is C16H19N3O4. The molecule has 0 unspecified atom stereocenters. The molecule has 0 aromatic heterocycles. The normalized spacial score (nSPS) is 20.5. The van der Waals surface area contributed by atoms with Crippen molar-refractivity contribution in [3.8, 4) is 5.75 Å². The summed E-state index contributed by atoms with van der Waals surface area (Å²) in [4.78, 5) is 37.2. The maximum Gasteiger partial charge on any atom is 0.255 e. The number of nitrogens with two attached hydrogens (primary N) is 1. The summed E-state index contributed by atoms with van der Waals surface area (Å²) < 4.78 is 5.59. The minimum absolute atomic E-state index is 0.178. The number of piperidine rings is 1. The van der Waals surface area contributed by atoms with Crippen molar-refractivity contribution in [2.45, 2.75) is 31.8 Å². The third kappa shape index (κ3) is 3.05. The molecule has 1 aromatic carbocycles. The zero-order valence-electron chi connectivity index (χ0n) is 12.7. The van der Waals surface area contributed by atoms with E-state index in [2.05, 4.69) is 5.32 Å². The number of benzene rings is 1. The molecule has 122 valence electrons. The standard InChI is InChI=1S/C16H19N3O4/c17-6-1-7-23-11-2-3-12-10(8-11)9-19(16(12)22)13-4-5-14(20)18-15(13)21/h2-3,8,13H,1,4-7,9,17H2,(H,18,20,21)/t13-/m0/s1. The van der Waals surface area contributed by atoms with Gasteiger partial charge in [-0.2, -0.15) is 0 Å². The van der Waals surface area contributed by atoms with Gasteiger partial charge in [0.2, 0.25) is 11.8 Å². The van der Waals surface area contributed by atoms with E-state index in [1.807, 2.05) is 6.07 Å². The number of amides is 3. The maximum atomic E-state index is 12.5. The van der Waals surface area contributed by atoms with E-state index < -0.39 is 11.9 Å². The minimum atomic E-state index is -0.589. The molecular weight excluding hydrogens is 298 g/mol. The van der Waals surface area contributed by atoms with Crippen LogP contribution in [0.1, 0.15) is 35.2 Å². The molecule has 23 heavy (non-hydrogen) atoms. The number of imide groups is 1. The van der Waals surface area contributed by atoms with Crippen LogP contribution in [0.25, 0.3) is 0 Å². The molecule has 7 nitrogen and oxygen atoms in total. The van der Waals surface area contributed by atoms with E-state index in [4.69, 9.17) is 10.5 Å². The number of rotatable bonds is 5. The minimum Gasteiger partial charge on any atom is -0.494 e. The molecule has 1 atom stereocenters.